The summed E-state index contributed by atoms with van der Waals surface area (Å²) in [5, 5.41) is 4.86. The number of nitrogens with zero attached hydrogens (tertiary/aromatic N) is 2. The Morgan fingerprint density at radius 1 is 1.23 bits per heavy atom. The molecule has 3 aromatic rings. The largest absolute Gasteiger partial charge is 0.339 e. The Balaban J connectivity index is 1.79. The Kier molecular flexibility index (Phi) is 3.04. The topological polar surface area (TPSA) is 68.6 Å². The Bertz CT molecular complexity index is 895. The lowest BCUT2D eigenvalue weighted by atomic mass is 10.1. The third-order valence-corrected chi connectivity index (χ3v) is 3.75. The van der Waals surface area contributed by atoms with Crippen molar-refractivity contribution in [2.24, 2.45) is 0 Å². The summed E-state index contributed by atoms with van der Waals surface area (Å²) in [7, 11) is 0. The molecule has 1 N–H and O–H groups in total. The molecule has 1 fully saturated rings. The lowest BCUT2D eigenvalue weighted by Crippen LogP contribution is -2.32. The molecule has 1 aromatic carbocycles. The number of ether oxygens (including phenoxy) is 2. The normalized spacial score (nSPS) is 21.0. The van der Waals surface area contributed by atoms with E-state index in [2.05, 4.69) is 10.1 Å². The number of benzene rings is 1. The van der Waals surface area contributed by atoms with Crippen LogP contribution in [-0.2, 0) is 9.47 Å². The second-order valence-corrected chi connectivity index (χ2v) is 5.50. The Hall–Kier alpha value is -2.15. The number of aromatic amines is 1. The van der Waals surface area contributed by atoms with Crippen molar-refractivity contribution in [3.8, 4) is 11.3 Å². The molecular formula is C15H12ClN3O3. The van der Waals surface area contributed by atoms with E-state index in [1.54, 1.807) is 25.1 Å². The molecule has 0 amide bonds. The number of halogens is 1. The fraction of sp³-hybridized carbons (Fsp3) is 0.200. The van der Waals surface area contributed by atoms with E-state index in [1.165, 1.54) is 10.6 Å². The quantitative estimate of drug-likeness (QED) is 0.789. The SMILES string of the molecule is CC1OC(c2cc3[nH]c(-c4ccc(Cl)cc4)cc(=O)n3n2)O1. The van der Waals surface area contributed by atoms with Crippen LogP contribution in [-0.4, -0.2) is 20.9 Å². The van der Waals surface area contributed by atoms with Crippen molar-refractivity contribution in [2.75, 3.05) is 0 Å². The van der Waals surface area contributed by atoms with Gasteiger partial charge in [-0.25, -0.2) is 0 Å². The Labute approximate surface area is 130 Å². The summed E-state index contributed by atoms with van der Waals surface area (Å²) in [5.41, 5.74) is 2.50. The predicted molar refractivity (Wildman–Crippen MR) is 80.6 cm³/mol. The van der Waals surface area contributed by atoms with Crippen molar-refractivity contribution in [1.82, 2.24) is 14.6 Å². The van der Waals surface area contributed by atoms with Crippen molar-refractivity contribution in [2.45, 2.75) is 19.5 Å². The molecular weight excluding hydrogens is 306 g/mol. The zero-order valence-corrected chi connectivity index (χ0v) is 12.4. The van der Waals surface area contributed by atoms with Gasteiger partial charge >= 0.3 is 0 Å². The number of aromatic nitrogens is 3. The van der Waals surface area contributed by atoms with Gasteiger partial charge in [0.25, 0.3) is 5.56 Å². The number of hydrogen-bond acceptors (Lipinski definition) is 4. The molecule has 0 atom stereocenters. The van der Waals surface area contributed by atoms with Gasteiger partial charge in [-0.1, -0.05) is 23.7 Å². The summed E-state index contributed by atoms with van der Waals surface area (Å²) in [6.45, 7) is 1.80. The van der Waals surface area contributed by atoms with Gasteiger partial charge in [0.15, 0.2) is 6.29 Å². The fourth-order valence-electron chi connectivity index (χ4n) is 2.41. The van der Waals surface area contributed by atoms with Gasteiger partial charge in [-0.2, -0.15) is 9.61 Å². The highest BCUT2D eigenvalue weighted by Crippen LogP contribution is 2.30. The zero-order valence-electron chi connectivity index (χ0n) is 11.6. The van der Waals surface area contributed by atoms with Crippen LogP contribution < -0.4 is 5.56 Å². The minimum atomic E-state index is -0.512. The van der Waals surface area contributed by atoms with Crippen LogP contribution in [0, 0.1) is 0 Å². The number of rotatable bonds is 2. The van der Waals surface area contributed by atoms with Crippen LogP contribution in [0.5, 0.6) is 0 Å². The van der Waals surface area contributed by atoms with E-state index < -0.39 is 6.29 Å². The van der Waals surface area contributed by atoms with Gasteiger partial charge in [0.2, 0.25) is 6.29 Å². The monoisotopic (exact) mass is 317 g/mol. The molecule has 0 aliphatic carbocycles. The van der Waals surface area contributed by atoms with Gasteiger partial charge in [0.05, 0.1) is 5.69 Å². The molecule has 4 rings (SSSR count). The van der Waals surface area contributed by atoms with Gasteiger partial charge in [-0.3, -0.25) is 4.79 Å². The minimum absolute atomic E-state index is 0.225. The Morgan fingerprint density at radius 3 is 2.64 bits per heavy atom. The van der Waals surface area contributed by atoms with Crippen LogP contribution in [0.4, 0.5) is 0 Å². The van der Waals surface area contributed by atoms with E-state index in [9.17, 15) is 4.79 Å². The van der Waals surface area contributed by atoms with Crippen molar-refractivity contribution in [3.05, 3.63) is 57.5 Å². The molecule has 1 aliphatic rings. The van der Waals surface area contributed by atoms with Crippen molar-refractivity contribution in [3.63, 3.8) is 0 Å². The molecule has 6 nitrogen and oxygen atoms in total. The van der Waals surface area contributed by atoms with Crippen LogP contribution in [0.25, 0.3) is 16.9 Å². The van der Waals surface area contributed by atoms with Gasteiger partial charge in [-0.05, 0) is 24.6 Å². The molecule has 1 saturated heterocycles. The number of hydrogen-bond donors (Lipinski definition) is 1. The maximum Gasteiger partial charge on any atom is 0.274 e. The highest BCUT2D eigenvalue weighted by atomic mass is 35.5. The summed E-state index contributed by atoms with van der Waals surface area (Å²) in [5.74, 6) is 0. The molecule has 112 valence electrons. The first kappa shape index (κ1) is 13.5. The maximum atomic E-state index is 12.2. The van der Waals surface area contributed by atoms with Gasteiger partial charge in [0, 0.05) is 17.2 Å². The highest BCUT2D eigenvalue weighted by Gasteiger charge is 2.31. The summed E-state index contributed by atoms with van der Waals surface area (Å²) in [6, 6.07) is 10.5. The second kappa shape index (κ2) is 4.95. The first-order valence-corrected chi connectivity index (χ1v) is 7.18. The average molecular weight is 318 g/mol. The van der Waals surface area contributed by atoms with E-state index in [0.717, 1.165) is 5.56 Å². The molecule has 2 aromatic heterocycles. The lowest BCUT2D eigenvalue weighted by molar-refractivity contribution is -0.384. The van der Waals surface area contributed by atoms with Gasteiger partial charge < -0.3 is 14.5 Å². The van der Waals surface area contributed by atoms with Gasteiger partial charge in [-0.15, -0.1) is 0 Å². The van der Waals surface area contributed by atoms with Crippen LogP contribution in [0.3, 0.4) is 0 Å². The standard InChI is InChI=1S/C15H12ClN3O3/c1-8-21-15(22-8)12-6-13-17-11(7-14(20)19(13)18-12)9-2-4-10(16)5-3-9/h2-8,15,17H,1H3. The number of H-pyrrole nitrogens is 1. The molecule has 0 saturated carbocycles. The number of fused-ring (bicyclic) bond motifs is 1. The van der Waals surface area contributed by atoms with Crippen LogP contribution >= 0.6 is 11.6 Å². The third-order valence-electron chi connectivity index (χ3n) is 3.49. The minimum Gasteiger partial charge on any atom is -0.339 e. The van der Waals surface area contributed by atoms with E-state index >= 15 is 0 Å². The molecule has 3 heterocycles. The van der Waals surface area contributed by atoms with E-state index in [4.69, 9.17) is 21.1 Å². The molecule has 1 aliphatic heterocycles. The summed E-state index contributed by atoms with van der Waals surface area (Å²) in [6.07, 6.45) is -0.753. The maximum absolute atomic E-state index is 12.2. The first-order valence-electron chi connectivity index (χ1n) is 6.80. The first-order chi connectivity index (χ1) is 10.6. The highest BCUT2D eigenvalue weighted by molar-refractivity contribution is 6.30. The molecule has 22 heavy (non-hydrogen) atoms. The zero-order chi connectivity index (χ0) is 15.3. The number of nitrogens with one attached hydrogen (secondary N) is 1. The summed E-state index contributed by atoms with van der Waals surface area (Å²) >= 11 is 5.88. The molecule has 0 bridgehead atoms. The van der Waals surface area contributed by atoms with Crippen LogP contribution in [0.15, 0.2) is 41.2 Å². The Morgan fingerprint density at radius 2 is 1.95 bits per heavy atom. The predicted octanol–water partition coefficient (Wildman–Crippen LogP) is 2.73. The smallest absolute Gasteiger partial charge is 0.274 e. The van der Waals surface area contributed by atoms with Crippen molar-refractivity contribution < 1.29 is 9.47 Å². The molecule has 0 unspecified atom stereocenters. The summed E-state index contributed by atoms with van der Waals surface area (Å²) < 4.78 is 12.1. The van der Waals surface area contributed by atoms with E-state index in [1.807, 2.05) is 12.1 Å². The third kappa shape index (κ3) is 2.21. The second-order valence-electron chi connectivity index (χ2n) is 5.07. The fourth-order valence-corrected chi connectivity index (χ4v) is 2.54. The van der Waals surface area contributed by atoms with Crippen LogP contribution in [0.2, 0.25) is 5.02 Å². The van der Waals surface area contributed by atoms with Gasteiger partial charge in [0.1, 0.15) is 11.3 Å². The van der Waals surface area contributed by atoms with E-state index in [0.29, 0.717) is 22.1 Å². The molecule has 0 radical (unpaired) electrons. The average Bonchev–Trinajstić information content (AvgIpc) is 2.89. The van der Waals surface area contributed by atoms with E-state index in [-0.39, 0.29) is 11.8 Å². The van der Waals surface area contributed by atoms with Crippen LogP contribution in [0.1, 0.15) is 18.9 Å². The lowest BCUT2D eigenvalue weighted by Gasteiger charge is -2.32. The molecule has 0 spiro atoms. The summed E-state index contributed by atoms with van der Waals surface area (Å²) in [4.78, 5) is 15.4. The van der Waals surface area contributed by atoms with Crippen molar-refractivity contribution in [1.29, 1.82) is 0 Å². The van der Waals surface area contributed by atoms with Crippen molar-refractivity contribution >= 4 is 17.2 Å². The molecule has 7 heteroatoms.